The number of carbonyl (C=O) groups is 1. The van der Waals surface area contributed by atoms with E-state index in [4.69, 9.17) is 4.74 Å². The van der Waals surface area contributed by atoms with E-state index in [1.807, 2.05) is 11.8 Å². The molecule has 0 aliphatic heterocycles. The van der Waals surface area contributed by atoms with E-state index in [2.05, 4.69) is 17.2 Å². The van der Waals surface area contributed by atoms with E-state index in [0.717, 1.165) is 12.2 Å². The minimum absolute atomic E-state index is 0.00144. The molecule has 0 saturated heterocycles. The van der Waals surface area contributed by atoms with Crippen LogP contribution in [0.5, 0.6) is 0 Å². The number of aromatic nitrogens is 1. The molecule has 1 amide bonds. The van der Waals surface area contributed by atoms with Gasteiger partial charge in [0, 0.05) is 32.9 Å². The lowest BCUT2D eigenvalue weighted by molar-refractivity contribution is 0.0613. The van der Waals surface area contributed by atoms with E-state index in [1.54, 1.807) is 32.5 Å². The molecule has 1 rings (SSSR count). The molecule has 1 aromatic rings. The van der Waals surface area contributed by atoms with Crippen molar-refractivity contribution < 1.29 is 9.53 Å². The Morgan fingerprint density at radius 2 is 2.26 bits per heavy atom. The van der Waals surface area contributed by atoms with Gasteiger partial charge in [-0.15, -0.1) is 0 Å². The van der Waals surface area contributed by atoms with Gasteiger partial charge in [0.25, 0.3) is 5.91 Å². The standard InChI is InChI=1S/C14H23N3O2/c1-5-11(2)17(8-9-19-4)14(18)12-6-7-13(15-3)16-10-12/h6-7,10-11H,5,8-9H2,1-4H3,(H,15,16). The van der Waals surface area contributed by atoms with E-state index in [1.165, 1.54) is 0 Å². The summed E-state index contributed by atoms with van der Waals surface area (Å²) in [7, 11) is 3.44. The Bertz CT molecular complexity index is 392. The summed E-state index contributed by atoms with van der Waals surface area (Å²) in [5.74, 6) is 0.755. The Balaban J connectivity index is 2.84. The van der Waals surface area contributed by atoms with E-state index >= 15 is 0 Å². The lowest BCUT2D eigenvalue weighted by Crippen LogP contribution is -2.40. The zero-order chi connectivity index (χ0) is 14.3. The molecule has 1 N–H and O–H groups in total. The summed E-state index contributed by atoms with van der Waals surface area (Å²) in [4.78, 5) is 18.5. The Labute approximate surface area is 115 Å². The highest BCUT2D eigenvalue weighted by Gasteiger charge is 2.20. The van der Waals surface area contributed by atoms with Crippen molar-refractivity contribution in [3.8, 4) is 0 Å². The lowest BCUT2D eigenvalue weighted by atomic mass is 10.1. The van der Waals surface area contributed by atoms with Gasteiger partial charge in [-0.3, -0.25) is 4.79 Å². The molecular formula is C14H23N3O2. The average Bonchev–Trinajstić information content (AvgIpc) is 2.47. The van der Waals surface area contributed by atoms with Gasteiger partial charge in [0.2, 0.25) is 0 Å². The van der Waals surface area contributed by atoms with Crippen LogP contribution in [0.1, 0.15) is 30.6 Å². The minimum Gasteiger partial charge on any atom is -0.383 e. The molecule has 5 nitrogen and oxygen atoms in total. The fourth-order valence-corrected chi connectivity index (χ4v) is 1.77. The monoisotopic (exact) mass is 265 g/mol. The van der Waals surface area contributed by atoms with E-state index < -0.39 is 0 Å². The quantitative estimate of drug-likeness (QED) is 0.819. The number of methoxy groups -OCH3 is 1. The molecule has 1 unspecified atom stereocenters. The number of hydrogen-bond donors (Lipinski definition) is 1. The molecule has 106 valence electrons. The zero-order valence-corrected chi connectivity index (χ0v) is 12.1. The zero-order valence-electron chi connectivity index (χ0n) is 12.1. The number of anilines is 1. The van der Waals surface area contributed by atoms with Crippen molar-refractivity contribution in [1.29, 1.82) is 0 Å². The highest BCUT2D eigenvalue weighted by molar-refractivity contribution is 5.94. The van der Waals surface area contributed by atoms with Crippen LogP contribution in [0.15, 0.2) is 18.3 Å². The Kier molecular flexibility index (Phi) is 6.29. The van der Waals surface area contributed by atoms with Crippen LogP contribution in [-0.4, -0.2) is 49.1 Å². The SMILES string of the molecule is CCC(C)N(CCOC)C(=O)c1ccc(NC)nc1. The topological polar surface area (TPSA) is 54.5 Å². The number of pyridine rings is 1. The van der Waals surface area contributed by atoms with Gasteiger partial charge in [-0.1, -0.05) is 6.92 Å². The normalized spacial score (nSPS) is 12.0. The minimum atomic E-state index is 0.00144. The molecule has 0 saturated carbocycles. The van der Waals surface area contributed by atoms with Crippen molar-refractivity contribution >= 4 is 11.7 Å². The van der Waals surface area contributed by atoms with Crippen LogP contribution in [0.25, 0.3) is 0 Å². The third-order valence-electron chi connectivity index (χ3n) is 3.19. The number of carbonyl (C=O) groups excluding carboxylic acids is 1. The molecule has 5 heteroatoms. The Morgan fingerprint density at radius 1 is 1.53 bits per heavy atom. The number of nitrogens with one attached hydrogen (secondary N) is 1. The van der Waals surface area contributed by atoms with E-state index in [0.29, 0.717) is 18.7 Å². The maximum atomic E-state index is 12.5. The van der Waals surface area contributed by atoms with Crippen molar-refractivity contribution in [2.45, 2.75) is 26.3 Å². The Hall–Kier alpha value is -1.62. The first-order chi connectivity index (χ1) is 9.13. The van der Waals surface area contributed by atoms with Crippen molar-refractivity contribution in [1.82, 2.24) is 9.88 Å². The second-order valence-corrected chi connectivity index (χ2v) is 4.43. The molecule has 1 heterocycles. The molecule has 19 heavy (non-hydrogen) atoms. The first kappa shape index (κ1) is 15.4. The van der Waals surface area contributed by atoms with Crippen LogP contribution in [-0.2, 0) is 4.74 Å². The summed E-state index contributed by atoms with van der Waals surface area (Å²) < 4.78 is 5.07. The molecular weight excluding hydrogens is 242 g/mol. The second-order valence-electron chi connectivity index (χ2n) is 4.43. The summed E-state index contributed by atoms with van der Waals surface area (Å²) in [5, 5.41) is 2.93. The summed E-state index contributed by atoms with van der Waals surface area (Å²) in [6, 6.07) is 3.79. The molecule has 0 radical (unpaired) electrons. The van der Waals surface area contributed by atoms with Gasteiger partial charge in [0.15, 0.2) is 0 Å². The van der Waals surface area contributed by atoms with Gasteiger partial charge < -0.3 is 15.0 Å². The number of rotatable bonds is 7. The highest BCUT2D eigenvalue weighted by atomic mass is 16.5. The molecule has 1 aromatic heterocycles. The molecule has 0 aromatic carbocycles. The van der Waals surface area contributed by atoms with Crippen molar-refractivity contribution in [2.75, 3.05) is 32.6 Å². The predicted octanol–water partition coefficient (Wildman–Crippen LogP) is 2.01. The third kappa shape index (κ3) is 4.21. The van der Waals surface area contributed by atoms with E-state index in [-0.39, 0.29) is 11.9 Å². The smallest absolute Gasteiger partial charge is 0.255 e. The van der Waals surface area contributed by atoms with Gasteiger partial charge >= 0.3 is 0 Å². The first-order valence-electron chi connectivity index (χ1n) is 6.57. The highest BCUT2D eigenvalue weighted by Crippen LogP contribution is 2.11. The molecule has 1 atom stereocenters. The number of ether oxygens (including phenoxy) is 1. The fourth-order valence-electron chi connectivity index (χ4n) is 1.77. The van der Waals surface area contributed by atoms with Gasteiger partial charge in [-0.25, -0.2) is 4.98 Å². The summed E-state index contributed by atoms with van der Waals surface area (Å²) in [6.45, 7) is 5.25. The number of nitrogens with zero attached hydrogens (tertiary/aromatic N) is 2. The van der Waals surface area contributed by atoms with Gasteiger partial charge in [0.1, 0.15) is 5.82 Å². The van der Waals surface area contributed by atoms with Crippen molar-refractivity contribution in [3.63, 3.8) is 0 Å². The average molecular weight is 265 g/mol. The van der Waals surface area contributed by atoms with Gasteiger partial charge in [-0.2, -0.15) is 0 Å². The lowest BCUT2D eigenvalue weighted by Gasteiger charge is -2.28. The number of amides is 1. The summed E-state index contributed by atoms with van der Waals surface area (Å²) in [5.41, 5.74) is 0.607. The van der Waals surface area contributed by atoms with E-state index in [9.17, 15) is 4.79 Å². The largest absolute Gasteiger partial charge is 0.383 e. The van der Waals surface area contributed by atoms with Crippen LogP contribution in [0, 0.1) is 0 Å². The maximum Gasteiger partial charge on any atom is 0.255 e. The van der Waals surface area contributed by atoms with Crippen LogP contribution >= 0.6 is 0 Å². The van der Waals surface area contributed by atoms with Gasteiger partial charge in [-0.05, 0) is 25.5 Å². The third-order valence-corrected chi connectivity index (χ3v) is 3.19. The van der Waals surface area contributed by atoms with Crippen molar-refractivity contribution in [3.05, 3.63) is 23.9 Å². The molecule has 0 fully saturated rings. The van der Waals surface area contributed by atoms with Crippen LogP contribution in [0.2, 0.25) is 0 Å². The second kappa shape index (κ2) is 7.74. The fraction of sp³-hybridized carbons (Fsp3) is 0.571. The predicted molar refractivity (Wildman–Crippen MR) is 76.4 cm³/mol. The molecule has 0 spiro atoms. The summed E-state index contributed by atoms with van der Waals surface area (Å²) in [6.07, 6.45) is 2.52. The molecule has 0 aliphatic rings. The van der Waals surface area contributed by atoms with Crippen molar-refractivity contribution in [2.24, 2.45) is 0 Å². The Morgan fingerprint density at radius 3 is 2.74 bits per heavy atom. The number of hydrogen-bond acceptors (Lipinski definition) is 4. The van der Waals surface area contributed by atoms with Crippen LogP contribution < -0.4 is 5.32 Å². The van der Waals surface area contributed by atoms with Crippen LogP contribution in [0.4, 0.5) is 5.82 Å². The molecule has 0 bridgehead atoms. The molecule has 0 aliphatic carbocycles. The van der Waals surface area contributed by atoms with Gasteiger partial charge in [0.05, 0.1) is 12.2 Å². The maximum absolute atomic E-state index is 12.5. The van der Waals surface area contributed by atoms with Crippen LogP contribution in [0.3, 0.4) is 0 Å². The first-order valence-corrected chi connectivity index (χ1v) is 6.57. The summed E-state index contributed by atoms with van der Waals surface area (Å²) >= 11 is 0.